The third kappa shape index (κ3) is 7.67. The highest BCUT2D eigenvalue weighted by molar-refractivity contribution is 6.31. The standard InChI is InChI=1S/C35H34ClF3N2O5/c36-28-10-7-24(21-27(28)35(37,38)39)20-25(42)19-23-5-8-26(9-6-23)46-30-11-12-40-29-22-31(33-34(32(29)30)45-18-17-44-33)43-16-4-15-41-13-2-1-3-14-41/h5-12,21-22H,1-4,13-20H2. The number of likely N-dealkylation sites (tertiary alicyclic amines) is 1. The lowest BCUT2D eigenvalue weighted by Crippen LogP contribution is -2.31. The molecule has 0 radical (unpaired) electrons. The Kier molecular flexibility index (Phi) is 9.84. The van der Waals surface area contributed by atoms with E-state index in [0.717, 1.165) is 32.1 Å². The van der Waals surface area contributed by atoms with Gasteiger partial charge in [-0.25, -0.2) is 0 Å². The molecule has 0 N–H and O–H groups in total. The number of hydrogen-bond donors (Lipinski definition) is 0. The zero-order chi connectivity index (χ0) is 32.1. The number of ketones is 1. The van der Waals surface area contributed by atoms with Gasteiger partial charge in [0.1, 0.15) is 30.5 Å². The van der Waals surface area contributed by atoms with Gasteiger partial charge in [0.2, 0.25) is 5.75 Å². The molecule has 4 aromatic rings. The number of rotatable bonds is 11. The van der Waals surface area contributed by atoms with Crippen LogP contribution in [0.15, 0.2) is 60.8 Å². The molecule has 1 saturated heterocycles. The Morgan fingerprint density at radius 3 is 2.37 bits per heavy atom. The molecule has 0 amide bonds. The topological polar surface area (TPSA) is 70.1 Å². The highest BCUT2D eigenvalue weighted by Gasteiger charge is 2.33. The van der Waals surface area contributed by atoms with Crippen molar-refractivity contribution in [2.24, 2.45) is 0 Å². The van der Waals surface area contributed by atoms with Crippen LogP contribution >= 0.6 is 11.6 Å². The van der Waals surface area contributed by atoms with Gasteiger partial charge in [-0.05, 0) is 73.8 Å². The number of piperidine rings is 1. The first-order valence-electron chi connectivity index (χ1n) is 15.5. The smallest absolute Gasteiger partial charge is 0.417 e. The van der Waals surface area contributed by atoms with Crippen molar-refractivity contribution in [2.75, 3.05) is 39.5 Å². The molecule has 0 unspecified atom stereocenters. The fraction of sp³-hybridized carbons (Fsp3) is 0.371. The van der Waals surface area contributed by atoms with Crippen molar-refractivity contribution in [2.45, 2.75) is 44.7 Å². The summed E-state index contributed by atoms with van der Waals surface area (Å²) in [6, 6.07) is 14.1. The average Bonchev–Trinajstić information content (AvgIpc) is 3.05. The summed E-state index contributed by atoms with van der Waals surface area (Å²) in [6.07, 6.45) is 1.71. The van der Waals surface area contributed by atoms with Gasteiger partial charge in [-0.15, -0.1) is 0 Å². The summed E-state index contributed by atoms with van der Waals surface area (Å²) in [5.74, 6) is 2.47. The van der Waals surface area contributed by atoms with E-state index in [1.165, 1.54) is 31.4 Å². The molecule has 1 aromatic heterocycles. The number of nitrogens with zero attached hydrogens (tertiary/aromatic N) is 2. The van der Waals surface area contributed by atoms with Crippen LogP contribution in [0, 0.1) is 0 Å². The molecular weight excluding hydrogens is 621 g/mol. The molecule has 0 aliphatic carbocycles. The van der Waals surface area contributed by atoms with Crippen molar-refractivity contribution >= 4 is 28.3 Å². The molecule has 0 atom stereocenters. The van der Waals surface area contributed by atoms with E-state index in [1.54, 1.807) is 36.5 Å². The van der Waals surface area contributed by atoms with Crippen LogP contribution in [0.5, 0.6) is 28.7 Å². The Balaban J connectivity index is 1.12. The summed E-state index contributed by atoms with van der Waals surface area (Å²) in [7, 11) is 0. The van der Waals surface area contributed by atoms with Crippen molar-refractivity contribution in [3.05, 3.63) is 82.5 Å². The SMILES string of the molecule is O=C(Cc1ccc(Oc2ccnc3cc(OCCCN4CCCCC4)c4c(c23)OCCO4)cc1)Cc1ccc(Cl)c(C(F)(F)F)c1. The molecule has 3 aromatic carbocycles. The van der Waals surface area contributed by atoms with Gasteiger partial charge in [0.25, 0.3) is 0 Å². The minimum atomic E-state index is -4.59. The molecule has 46 heavy (non-hydrogen) atoms. The fourth-order valence-corrected chi connectivity index (χ4v) is 6.06. The van der Waals surface area contributed by atoms with E-state index < -0.39 is 16.8 Å². The molecule has 0 spiro atoms. The number of alkyl halides is 3. The van der Waals surface area contributed by atoms with E-state index in [0.29, 0.717) is 65.0 Å². The molecular formula is C35H34ClF3N2O5. The van der Waals surface area contributed by atoms with Gasteiger partial charge in [0.15, 0.2) is 11.5 Å². The Morgan fingerprint density at radius 2 is 1.61 bits per heavy atom. The van der Waals surface area contributed by atoms with Crippen LogP contribution in [-0.2, 0) is 23.8 Å². The second kappa shape index (κ2) is 14.2. The summed E-state index contributed by atoms with van der Waals surface area (Å²) < 4.78 is 64.1. The van der Waals surface area contributed by atoms with Crippen LogP contribution < -0.4 is 18.9 Å². The zero-order valence-corrected chi connectivity index (χ0v) is 26.0. The Hall–Kier alpha value is -4.02. The van der Waals surface area contributed by atoms with Gasteiger partial charge in [-0.3, -0.25) is 9.78 Å². The molecule has 0 saturated carbocycles. The largest absolute Gasteiger partial charge is 0.489 e. The summed E-state index contributed by atoms with van der Waals surface area (Å²) in [6.45, 7) is 4.63. The van der Waals surface area contributed by atoms with Crippen LogP contribution in [0.3, 0.4) is 0 Å². The average molecular weight is 655 g/mol. The van der Waals surface area contributed by atoms with E-state index in [4.69, 9.17) is 30.5 Å². The summed E-state index contributed by atoms with van der Waals surface area (Å²) in [5.41, 5.74) is 0.658. The van der Waals surface area contributed by atoms with E-state index >= 15 is 0 Å². The summed E-state index contributed by atoms with van der Waals surface area (Å²) in [4.78, 5) is 19.7. The molecule has 242 valence electrons. The first-order chi connectivity index (χ1) is 22.2. The molecule has 6 rings (SSSR count). The van der Waals surface area contributed by atoms with Crippen LogP contribution in [-0.4, -0.2) is 55.1 Å². The quantitative estimate of drug-likeness (QED) is 0.152. The number of fused-ring (bicyclic) bond motifs is 3. The number of ether oxygens (including phenoxy) is 4. The van der Waals surface area contributed by atoms with Gasteiger partial charge in [-0.1, -0.05) is 36.2 Å². The Morgan fingerprint density at radius 1 is 0.891 bits per heavy atom. The summed E-state index contributed by atoms with van der Waals surface area (Å²) >= 11 is 5.70. The second-order valence-electron chi connectivity index (χ2n) is 11.5. The molecule has 0 bridgehead atoms. The molecule has 3 heterocycles. The second-order valence-corrected chi connectivity index (χ2v) is 11.9. The van der Waals surface area contributed by atoms with Crippen molar-refractivity contribution < 1.29 is 36.9 Å². The van der Waals surface area contributed by atoms with E-state index in [2.05, 4.69) is 9.88 Å². The van der Waals surface area contributed by atoms with Crippen LogP contribution in [0.2, 0.25) is 5.02 Å². The van der Waals surface area contributed by atoms with Crippen molar-refractivity contribution in [1.29, 1.82) is 0 Å². The first kappa shape index (κ1) is 31.9. The third-order valence-corrected chi connectivity index (χ3v) is 8.39. The Labute approximate surface area is 270 Å². The van der Waals surface area contributed by atoms with Crippen molar-refractivity contribution in [1.82, 2.24) is 9.88 Å². The Bertz CT molecular complexity index is 1690. The highest BCUT2D eigenvalue weighted by atomic mass is 35.5. The van der Waals surface area contributed by atoms with E-state index in [9.17, 15) is 18.0 Å². The lowest BCUT2D eigenvalue weighted by atomic mass is 10.0. The van der Waals surface area contributed by atoms with Crippen LogP contribution in [0.4, 0.5) is 13.2 Å². The minimum Gasteiger partial charge on any atom is -0.489 e. The highest BCUT2D eigenvalue weighted by Crippen LogP contribution is 2.48. The number of carbonyl (C=O) groups is 1. The maximum Gasteiger partial charge on any atom is 0.417 e. The maximum atomic E-state index is 13.2. The van der Waals surface area contributed by atoms with Crippen molar-refractivity contribution in [3.63, 3.8) is 0 Å². The van der Waals surface area contributed by atoms with Crippen molar-refractivity contribution in [3.8, 4) is 28.7 Å². The van der Waals surface area contributed by atoms with Gasteiger partial charge < -0.3 is 23.8 Å². The summed E-state index contributed by atoms with van der Waals surface area (Å²) in [5, 5.41) is 0.270. The van der Waals surface area contributed by atoms with E-state index in [-0.39, 0.29) is 24.2 Å². The number of pyridine rings is 1. The normalized spacial score (nSPS) is 15.1. The van der Waals surface area contributed by atoms with Crippen LogP contribution in [0.1, 0.15) is 42.4 Å². The number of carbonyl (C=O) groups excluding carboxylic acids is 1. The lowest BCUT2D eigenvalue weighted by Gasteiger charge is -2.26. The first-order valence-corrected chi connectivity index (χ1v) is 15.8. The van der Waals surface area contributed by atoms with Crippen LogP contribution in [0.25, 0.3) is 10.9 Å². The van der Waals surface area contributed by atoms with Gasteiger partial charge in [0, 0.05) is 31.6 Å². The third-order valence-electron chi connectivity index (χ3n) is 8.06. The molecule has 1 fully saturated rings. The number of aromatic nitrogens is 1. The molecule has 11 heteroatoms. The number of hydrogen-bond acceptors (Lipinski definition) is 7. The monoisotopic (exact) mass is 654 g/mol. The van der Waals surface area contributed by atoms with E-state index in [1.807, 2.05) is 6.07 Å². The molecule has 7 nitrogen and oxygen atoms in total. The number of Topliss-reactive ketones (excluding diaryl/α,β-unsaturated/α-hetero) is 1. The predicted octanol–water partition coefficient (Wildman–Crippen LogP) is 8.08. The minimum absolute atomic E-state index is 0.0575. The molecule has 2 aliphatic heterocycles. The van der Waals surface area contributed by atoms with Gasteiger partial charge in [-0.2, -0.15) is 13.2 Å². The lowest BCUT2D eigenvalue weighted by molar-refractivity contribution is -0.137. The maximum absolute atomic E-state index is 13.2. The predicted molar refractivity (Wildman–Crippen MR) is 169 cm³/mol. The zero-order valence-electron chi connectivity index (χ0n) is 25.2. The molecule has 2 aliphatic rings. The van der Waals surface area contributed by atoms with Gasteiger partial charge >= 0.3 is 6.18 Å². The van der Waals surface area contributed by atoms with Gasteiger partial charge in [0.05, 0.1) is 28.1 Å². The number of halogens is 4. The fourth-order valence-electron chi connectivity index (χ4n) is 5.84. The number of benzene rings is 3.